The molecule has 0 aromatic rings. The number of ether oxygens (including phenoxy) is 1. The molecular formula is C15H28N2OS. The van der Waals surface area contributed by atoms with E-state index in [0.717, 1.165) is 37.5 Å². The molecule has 2 aliphatic heterocycles. The predicted molar refractivity (Wildman–Crippen MR) is 84.0 cm³/mol. The minimum absolute atomic E-state index is 0.0713. The van der Waals surface area contributed by atoms with Gasteiger partial charge in [0.15, 0.2) is 5.17 Å². The highest BCUT2D eigenvalue weighted by Gasteiger charge is 2.35. The van der Waals surface area contributed by atoms with Gasteiger partial charge in [0.2, 0.25) is 0 Å². The fourth-order valence-corrected chi connectivity index (χ4v) is 4.26. The summed E-state index contributed by atoms with van der Waals surface area (Å²) in [5, 5.41) is 4.72. The van der Waals surface area contributed by atoms with E-state index in [4.69, 9.17) is 9.73 Å². The molecule has 110 valence electrons. The van der Waals surface area contributed by atoms with E-state index in [1.807, 2.05) is 11.8 Å². The molecule has 2 saturated heterocycles. The molecule has 1 atom stereocenters. The summed E-state index contributed by atoms with van der Waals surface area (Å²) in [7, 11) is 0. The first-order valence-electron chi connectivity index (χ1n) is 7.61. The summed E-state index contributed by atoms with van der Waals surface area (Å²) in [6, 6.07) is 0.428. The molecule has 0 radical (unpaired) electrons. The molecule has 0 bridgehead atoms. The Kier molecular flexibility index (Phi) is 4.83. The van der Waals surface area contributed by atoms with Crippen LogP contribution in [-0.4, -0.2) is 34.7 Å². The van der Waals surface area contributed by atoms with Crippen molar-refractivity contribution in [3.05, 3.63) is 0 Å². The molecule has 1 unspecified atom stereocenters. The fourth-order valence-electron chi connectivity index (χ4n) is 2.88. The van der Waals surface area contributed by atoms with Crippen LogP contribution in [0, 0.1) is 0 Å². The average Bonchev–Trinajstić information content (AvgIpc) is 2.38. The number of hydrogen-bond donors (Lipinski definition) is 1. The van der Waals surface area contributed by atoms with E-state index in [0.29, 0.717) is 6.04 Å². The van der Waals surface area contributed by atoms with Gasteiger partial charge in [-0.3, -0.25) is 4.99 Å². The molecule has 0 aliphatic carbocycles. The van der Waals surface area contributed by atoms with Crippen molar-refractivity contribution in [1.29, 1.82) is 0 Å². The summed E-state index contributed by atoms with van der Waals surface area (Å²) in [6.45, 7) is 9.84. The molecule has 2 fully saturated rings. The Balaban J connectivity index is 2.02. The minimum Gasteiger partial charge on any atom is -0.375 e. The molecule has 19 heavy (non-hydrogen) atoms. The third-order valence-corrected chi connectivity index (χ3v) is 5.36. The first-order chi connectivity index (χ1) is 8.99. The van der Waals surface area contributed by atoms with Crippen LogP contribution >= 0.6 is 11.8 Å². The Morgan fingerprint density at radius 1 is 1.37 bits per heavy atom. The van der Waals surface area contributed by atoms with E-state index >= 15 is 0 Å². The molecule has 0 aromatic heterocycles. The summed E-state index contributed by atoms with van der Waals surface area (Å²) in [5.41, 5.74) is 0.268. The molecule has 0 spiro atoms. The third-order valence-electron chi connectivity index (χ3n) is 4.47. The lowest BCUT2D eigenvalue weighted by molar-refractivity contribution is -0.0884. The first kappa shape index (κ1) is 15.2. The van der Waals surface area contributed by atoms with Crippen molar-refractivity contribution in [3.63, 3.8) is 0 Å². The monoisotopic (exact) mass is 284 g/mol. The van der Waals surface area contributed by atoms with Crippen LogP contribution in [0.3, 0.4) is 0 Å². The van der Waals surface area contributed by atoms with Gasteiger partial charge in [0.25, 0.3) is 0 Å². The lowest BCUT2D eigenvalue weighted by Gasteiger charge is -2.39. The Bertz CT molecular complexity index is 337. The molecule has 0 amide bonds. The zero-order valence-electron chi connectivity index (χ0n) is 12.8. The second-order valence-corrected chi connectivity index (χ2v) is 7.51. The average molecular weight is 284 g/mol. The molecule has 2 heterocycles. The van der Waals surface area contributed by atoms with Gasteiger partial charge in [-0.1, -0.05) is 25.6 Å². The number of aliphatic imine (C=N–C) groups is 1. The highest BCUT2D eigenvalue weighted by atomic mass is 32.2. The number of hydrogen-bond acceptors (Lipinski definition) is 3. The number of rotatable bonds is 3. The topological polar surface area (TPSA) is 33.6 Å². The van der Waals surface area contributed by atoms with Gasteiger partial charge < -0.3 is 10.1 Å². The van der Waals surface area contributed by atoms with Crippen molar-refractivity contribution in [2.45, 2.75) is 77.0 Å². The standard InChI is InChI=1S/C15H28N2OS/c1-5-15(6-2)11-12(7-9-18-15)16-13-17-14(3,4)8-10-19-13/h12H,5-11H2,1-4H3,(H,16,17). The van der Waals surface area contributed by atoms with Crippen molar-refractivity contribution < 1.29 is 4.74 Å². The lowest BCUT2D eigenvalue weighted by Crippen LogP contribution is -2.47. The summed E-state index contributed by atoms with van der Waals surface area (Å²) in [5.74, 6) is 1.18. The molecule has 0 saturated carbocycles. The normalized spacial score (nSPS) is 32.0. The van der Waals surface area contributed by atoms with Crippen LogP contribution in [0.15, 0.2) is 4.99 Å². The van der Waals surface area contributed by atoms with Gasteiger partial charge in [0, 0.05) is 17.9 Å². The van der Waals surface area contributed by atoms with E-state index in [1.54, 1.807) is 0 Å². The minimum atomic E-state index is 0.0713. The van der Waals surface area contributed by atoms with Crippen LogP contribution in [0.25, 0.3) is 0 Å². The maximum absolute atomic E-state index is 6.03. The molecule has 1 N–H and O–H groups in total. The zero-order chi connectivity index (χ0) is 13.9. The zero-order valence-corrected chi connectivity index (χ0v) is 13.6. The van der Waals surface area contributed by atoms with Crippen molar-refractivity contribution in [2.24, 2.45) is 4.99 Å². The van der Waals surface area contributed by atoms with Gasteiger partial charge in [-0.2, -0.15) is 0 Å². The summed E-state index contributed by atoms with van der Waals surface area (Å²) < 4.78 is 6.03. The fraction of sp³-hybridized carbons (Fsp3) is 0.933. The molecule has 3 nitrogen and oxygen atoms in total. The molecule has 2 aliphatic rings. The maximum atomic E-state index is 6.03. The SMILES string of the molecule is CCC1(CC)CC(N=C2NC(C)(C)CCS2)CCO1. The second kappa shape index (κ2) is 6.04. The number of nitrogens with one attached hydrogen (secondary N) is 1. The van der Waals surface area contributed by atoms with Crippen LogP contribution in [0.1, 0.15) is 59.8 Å². The smallest absolute Gasteiger partial charge is 0.157 e. The van der Waals surface area contributed by atoms with Gasteiger partial charge >= 0.3 is 0 Å². The molecule has 4 heteroatoms. The van der Waals surface area contributed by atoms with Gasteiger partial charge in [-0.05, 0) is 46.0 Å². The van der Waals surface area contributed by atoms with E-state index in [1.165, 1.54) is 12.2 Å². The molecule has 0 aromatic carbocycles. The first-order valence-corrected chi connectivity index (χ1v) is 8.60. The summed E-state index contributed by atoms with van der Waals surface area (Å²) >= 11 is 1.87. The van der Waals surface area contributed by atoms with E-state index in [9.17, 15) is 0 Å². The highest BCUT2D eigenvalue weighted by Crippen LogP contribution is 2.33. The largest absolute Gasteiger partial charge is 0.375 e. The Hall–Kier alpha value is -0.220. The highest BCUT2D eigenvalue weighted by molar-refractivity contribution is 8.13. The number of thioether (sulfide) groups is 1. The molecular weight excluding hydrogens is 256 g/mol. The van der Waals surface area contributed by atoms with Crippen molar-refractivity contribution in [2.75, 3.05) is 12.4 Å². The summed E-state index contributed by atoms with van der Waals surface area (Å²) in [6.07, 6.45) is 5.53. The van der Waals surface area contributed by atoms with Crippen molar-refractivity contribution in [1.82, 2.24) is 5.32 Å². The van der Waals surface area contributed by atoms with Crippen LogP contribution in [0.5, 0.6) is 0 Å². The summed E-state index contributed by atoms with van der Waals surface area (Å²) in [4.78, 5) is 4.97. The van der Waals surface area contributed by atoms with E-state index < -0.39 is 0 Å². The Morgan fingerprint density at radius 3 is 2.74 bits per heavy atom. The quantitative estimate of drug-likeness (QED) is 0.860. The lowest BCUT2D eigenvalue weighted by atomic mass is 9.86. The number of amidine groups is 1. The Morgan fingerprint density at radius 2 is 2.11 bits per heavy atom. The number of nitrogens with zero attached hydrogens (tertiary/aromatic N) is 1. The Labute approximate surface area is 122 Å². The second-order valence-electron chi connectivity index (χ2n) is 6.43. The van der Waals surface area contributed by atoms with Gasteiger partial charge in [-0.15, -0.1) is 0 Å². The van der Waals surface area contributed by atoms with Crippen molar-refractivity contribution in [3.8, 4) is 0 Å². The predicted octanol–water partition coefficient (Wildman–Crippen LogP) is 3.59. The van der Waals surface area contributed by atoms with E-state index in [2.05, 4.69) is 33.0 Å². The van der Waals surface area contributed by atoms with Crippen LogP contribution < -0.4 is 5.32 Å². The maximum Gasteiger partial charge on any atom is 0.157 e. The van der Waals surface area contributed by atoms with Gasteiger partial charge in [0.1, 0.15) is 0 Å². The van der Waals surface area contributed by atoms with Crippen LogP contribution in [-0.2, 0) is 4.74 Å². The van der Waals surface area contributed by atoms with Crippen molar-refractivity contribution >= 4 is 16.9 Å². The van der Waals surface area contributed by atoms with Gasteiger partial charge in [0.05, 0.1) is 11.6 Å². The molecule has 2 rings (SSSR count). The van der Waals surface area contributed by atoms with Crippen LogP contribution in [0.4, 0.5) is 0 Å². The van der Waals surface area contributed by atoms with E-state index in [-0.39, 0.29) is 11.1 Å². The van der Waals surface area contributed by atoms with Crippen LogP contribution in [0.2, 0.25) is 0 Å². The third kappa shape index (κ3) is 3.88. The van der Waals surface area contributed by atoms with Gasteiger partial charge in [-0.25, -0.2) is 0 Å².